The number of hydrogen-bond acceptors (Lipinski definition) is 5. The zero-order valence-electron chi connectivity index (χ0n) is 18.7. The molecule has 4 rings (SSSR count). The number of fused-ring (bicyclic) bond motifs is 1. The number of carbonyl (C=O) groups excluding carboxylic acids is 3. The number of nitrogens with one attached hydrogen (secondary N) is 2. The Kier molecular flexibility index (Phi) is 5.96. The van der Waals surface area contributed by atoms with Crippen molar-refractivity contribution in [3.8, 4) is 5.88 Å². The van der Waals surface area contributed by atoms with Crippen LogP contribution in [-0.4, -0.2) is 56.0 Å². The monoisotopic (exact) mass is 457 g/mol. The van der Waals surface area contributed by atoms with E-state index in [1.54, 1.807) is 0 Å². The number of likely N-dealkylation sites (tertiary alicyclic amines) is 1. The van der Waals surface area contributed by atoms with E-state index in [-0.39, 0.29) is 23.4 Å². The van der Waals surface area contributed by atoms with E-state index in [2.05, 4.69) is 10.4 Å². The molecule has 11 heteroatoms. The molecule has 1 saturated heterocycles. The standard InChI is InChI=1S/C22H28N6O5/c1-12(2)11-27-20-13(5-8-16(29)26-9-3-4-15(26)18(23)30)10-24-28(20)22(33)17(21(27)32)19(31)25-14-6-7-14/h5,8,10,12,14-15H,3-4,6-7,9,11H2,1-2H3,(H4,23,25,30,31,32,33)/p+1/b8-5+/t15-/m1/s1. The lowest BCUT2D eigenvalue weighted by Gasteiger charge is -2.20. The van der Waals surface area contributed by atoms with Crippen molar-refractivity contribution in [3.05, 3.63) is 33.8 Å². The van der Waals surface area contributed by atoms with E-state index in [9.17, 15) is 24.3 Å². The second-order valence-electron chi connectivity index (χ2n) is 9.07. The fourth-order valence-electron chi connectivity index (χ4n) is 4.19. The zero-order chi connectivity index (χ0) is 23.9. The largest absolute Gasteiger partial charge is 0.477 e. The number of H-pyrrole nitrogens is 1. The molecule has 0 unspecified atom stereocenters. The molecule has 33 heavy (non-hydrogen) atoms. The molecule has 0 radical (unpaired) electrons. The van der Waals surface area contributed by atoms with Crippen LogP contribution in [0, 0.1) is 5.92 Å². The molecule has 2 fully saturated rings. The molecule has 1 atom stereocenters. The molecule has 11 nitrogen and oxygen atoms in total. The number of amides is 3. The first-order valence-electron chi connectivity index (χ1n) is 11.2. The number of nitrogens with two attached hydrogens (primary N) is 1. The summed E-state index contributed by atoms with van der Waals surface area (Å²) in [6.07, 6.45) is 7.29. The van der Waals surface area contributed by atoms with Crippen LogP contribution in [0.25, 0.3) is 11.7 Å². The Balaban J connectivity index is 1.75. The van der Waals surface area contributed by atoms with E-state index in [1.165, 1.54) is 32.3 Å². The van der Waals surface area contributed by atoms with Gasteiger partial charge < -0.3 is 21.1 Å². The van der Waals surface area contributed by atoms with Crippen LogP contribution in [0.3, 0.4) is 0 Å². The molecule has 1 aliphatic carbocycles. The molecule has 0 spiro atoms. The number of rotatable bonds is 7. The molecule has 1 saturated carbocycles. The van der Waals surface area contributed by atoms with Crippen molar-refractivity contribution in [2.24, 2.45) is 11.7 Å². The Morgan fingerprint density at radius 1 is 1.33 bits per heavy atom. The first kappa shape index (κ1) is 22.6. The SMILES string of the molecule is CC(C)C[n+]1c(O)c(C(=O)NC2CC2)c(=O)n2[nH]cc(/C=C/C(=O)N3CCC[C@@H]3C(N)=O)c21. The van der Waals surface area contributed by atoms with Crippen molar-refractivity contribution < 1.29 is 24.1 Å². The van der Waals surface area contributed by atoms with Crippen LogP contribution in [0.1, 0.15) is 55.5 Å². The summed E-state index contributed by atoms with van der Waals surface area (Å²) in [5.41, 5.74) is 5.19. The van der Waals surface area contributed by atoms with Gasteiger partial charge in [-0.15, -0.1) is 0 Å². The van der Waals surface area contributed by atoms with E-state index in [4.69, 9.17) is 5.73 Å². The maximum absolute atomic E-state index is 13.1. The fraction of sp³-hybridized carbons (Fsp3) is 0.500. The van der Waals surface area contributed by atoms with Gasteiger partial charge in [0, 0.05) is 18.7 Å². The predicted molar refractivity (Wildman–Crippen MR) is 118 cm³/mol. The molecular weight excluding hydrogens is 428 g/mol. The van der Waals surface area contributed by atoms with Crippen LogP contribution >= 0.6 is 0 Å². The first-order chi connectivity index (χ1) is 15.7. The lowest BCUT2D eigenvalue weighted by Crippen LogP contribution is -2.46. The second kappa shape index (κ2) is 8.72. The summed E-state index contributed by atoms with van der Waals surface area (Å²) < 4.78 is 2.69. The maximum Gasteiger partial charge on any atom is 0.378 e. The van der Waals surface area contributed by atoms with E-state index in [0.29, 0.717) is 37.1 Å². The van der Waals surface area contributed by atoms with Gasteiger partial charge in [-0.25, -0.2) is 9.89 Å². The van der Waals surface area contributed by atoms with Crippen molar-refractivity contribution >= 4 is 29.4 Å². The van der Waals surface area contributed by atoms with Gasteiger partial charge in [0.2, 0.25) is 17.4 Å². The van der Waals surface area contributed by atoms with Gasteiger partial charge in [-0.2, -0.15) is 4.57 Å². The molecule has 3 heterocycles. The number of aromatic amines is 1. The van der Waals surface area contributed by atoms with Gasteiger partial charge in [0.15, 0.2) is 0 Å². The van der Waals surface area contributed by atoms with Crippen LogP contribution in [0.4, 0.5) is 0 Å². The van der Waals surface area contributed by atoms with Gasteiger partial charge in [0.25, 0.3) is 5.91 Å². The van der Waals surface area contributed by atoms with Crippen molar-refractivity contribution in [2.75, 3.05) is 6.54 Å². The third kappa shape index (κ3) is 4.35. The lowest BCUT2D eigenvalue weighted by atomic mass is 10.2. The highest BCUT2D eigenvalue weighted by atomic mass is 16.3. The highest BCUT2D eigenvalue weighted by Gasteiger charge is 2.35. The minimum Gasteiger partial charge on any atom is -0.477 e. The van der Waals surface area contributed by atoms with E-state index in [0.717, 1.165) is 12.8 Å². The van der Waals surface area contributed by atoms with Crippen molar-refractivity contribution in [1.82, 2.24) is 19.8 Å². The van der Waals surface area contributed by atoms with Gasteiger partial charge in [-0.1, -0.05) is 18.4 Å². The summed E-state index contributed by atoms with van der Waals surface area (Å²) >= 11 is 0. The molecule has 176 valence electrons. The average molecular weight is 458 g/mol. The topological polar surface area (TPSA) is 154 Å². The van der Waals surface area contributed by atoms with Crippen LogP contribution < -0.4 is 21.2 Å². The van der Waals surface area contributed by atoms with Gasteiger partial charge in [0.1, 0.15) is 6.04 Å². The van der Waals surface area contributed by atoms with Gasteiger partial charge in [-0.05, 0) is 37.7 Å². The number of nitrogens with zero attached hydrogens (tertiary/aromatic N) is 3. The molecule has 2 aliphatic rings. The van der Waals surface area contributed by atoms with E-state index in [1.807, 2.05) is 13.8 Å². The van der Waals surface area contributed by atoms with Crippen LogP contribution in [0.2, 0.25) is 0 Å². The summed E-state index contributed by atoms with van der Waals surface area (Å²) in [5.74, 6) is -1.83. The Morgan fingerprint density at radius 3 is 2.70 bits per heavy atom. The summed E-state index contributed by atoms with van der Waals surface area (Å²) in [6, 6.07) is -0.603. The minimum atomic E-state index is -0.681. The minimum absolute atomic E-state index is 0.0264. The molecule has 1 aliphatic heterocycles. The smallest absolute Gasteiger partial charge is 0.378 e. The molecule has 2 aromatic rings. The van der Waals surface area contributed by atoms with Gasteiger partial charge >= 0.3 is 17.1 Å². The molecular formula is C22H29N6O5+. The van der Waals surface area contributed by atoms with E-state index < -0.39 is 29.3 Å². The van der Waals surface area contributed by atoms with Crippen molar-refractivity contribution in [2.45, 2.75) is 58.2 Å². The summed E-state index contributed by atoms with van der Waals surface area (Å²) in [4.78, 5) is 51.4. The molecule has 0 bridgehead atoms. The Labute approximate surface area is 189 Å². The number of aromatic hydroxyl groups is 1. The number of primary amides is 1. The quantitative estimate of drug-likeness (QED) is 0.331. The predicted octanol–water partition coefficient (Wildman–Crippen LogP) is -0.342. The third-order valence-corrected chi connectivity index (χ3v) is 5.93. The van der Waals surface area contributed by atoms with Crippen LogP contribution in [0.15, 0.2) is 17.1 Å². The lowest BCUT2D eigenvalue weighted by molar-refractivity contribution is -0.686. The Morgan fingerprint density at radius 2 is 2.06 bits per heavy atom. The van der Waals surface area contributed by atoms with Gasteiger partial charge in [-0.3, -0.25) is 14.4 Å². The highest BCUT2D eigenvalue weighted by molar-refractivity contribution is 5.97. The van der Waals surface area contributed by atoms with E-state index >= 15 is 0 Å². The van der Waals surface area contributed by atoms with Gasteiger partial charge in [0.05, 0.1) is 18.3 Å². The molecule has 3 amide bonds. The number of carbonyl (C=O) groups is 3. The third-order valence-electron chi connectivity index (χ3n) is 5.93. The molecule has 2 aromatic heterocycles. The summed E-state index contributed by atoms with van der Waals surface area (Å²) in [7, 11) is 0. The van der Waals surface area contributed by atoms with Crippen molar-refractivity contribution in [3.63, 3.8) is 0 Å². The number of hydrogen-bond donors (Lipinski definition) is 4. The van der Waals surface area contributed by atoms with Crippen LogP contribution in [0.5, 0.6) is 5.88 Å². The normalized spacial score (nSPS) is 18.5. The van der Waals surface area contributed by atoms with Crippen LogP contribution in [-0.2, 0) is 16.1 Å². The fourth-order valence-corrected chi connectivity index (χ4v) is 4.19. The molecule has 5 N–H and O–H groups in total. The summed E-state index contributed by atoms with van der Waals surface area (Å²) in [5, 5.41) is 16.5. The maximum atomic E-state index is 13.1. The zero-order valence-corrected chi connectivity index (χ0v) is 18.7. The highest BCUT2D eigenvalue weighted by Crippen LogP contribution is 2.21. The second-order valence-corrected chi connectivity index (χ2v) is 9.07. The molecule has 0 aromatic carbocycles. The number of aromatic nitrogens is 3. The first-order valence-corrected chi connectivity index (χ1v) is 11.2. The Bertz CT molecular complexity index is 1210. The van der Waals surface area contributed by atoms with Crippen molar-refractivity contribution in [1.29, 1.82) is 0 Å². The Hall–Kier alpha value is -3.63. The summed E-state index contributed by atoms with van der Waals surface area (Å²) in [6.45, 7) is 4.67. The average Bonchev–Trinajstić information content (AvgIpc) is 3.25.